The number of hydrogen-bond donors (Lipinski definition) is 1. The topological polar surface area (TPSA) is 60.3 Å². The Hall–Kier alpha value is -1.46. The SMILES string of the molecule is CC(C)(C)OC(=O)NCCC(=O)n1c2ccc1c(Cl)c2Cl. The van der Waals surface area contributed by atoms with Crippen LogP contribution >= 0.6 is 23.2 Å². The van der Waals surface area contributed by atoms with Gasteiger partial charge in [-0.1, -0.05) is 23.2 Å². The Labute approximate surface area is 132 Å². The highest BCUT2D eigenvalue weighted by atomic mass is 35.5. The van der Waals surface area contributed by atoms with Crippen molar-refractivity contribution < 1.29 is 14.3 Å². The van der Waals surface area contributed by atoms with Gasteiger partial charge in [-0.2, -0.15) is 0 Å². The Morgan fingerprint density at radius 2 is 1.71 bits per heavy atom. The smallest absolute Gasteiger partial charge is 0.407 e. The summed E-state index contributed by atoms with van der Waals surface area (Å²) in [4.78, 5) is 23.6. The molecule has 0 saturated carbocycles. The number of aromatic nitrogens is 1. The summed E-state index contributed by atoms with van der Waals surface area (Å²) in [6.45, 7) is 5.50. The number of amides is 1. The predicted molar refractivity (Wildman–Crippen MR) is 82.6 cm³/mol. The second-order valence-corrected chi connectivity index (χ2v) is 6.40. The Bertz CT molecular complexity index is 639. The number of benzene rings is 1. The molecule has 0 aromatic carbocycles. The zero-order valence-electron chi connectivity index (χ0n) is 12.0. The summed E-state index contributed by atoms with van der Waals surface area (Å²) in [5.41, 5.74) is 0.598. The Balaban J connectivity index is 1.93. The van der Waals surface area contributed by atoms with Gasteiger partial charge in [0, 0.05) is 13.0 Å². The van der Waals surface area contributed by atoms with Crippen LogP contribution in [0.15, 0.2) is 12.1 Å². The summed E-state index contributed by atoms with van der Waals surface area (Å²) in [6, 6.07) is 3.48. The van der Waals surface area contributed by atoms with Gasteiger partial charge in [-0.3, -0.25) is 9.36 Å². The number of hydrogen-bond acceptors (Lipinski definition) is 3. The number of carbonyl (C=O) groups is 2. The minimum Gasteiger partial charge on any atom is -0.444 e. The van der Waals surface area contributed by atoms with Crippen LogP contribution in [-0.4, -0.2) is 28.7 Å². The van der Waals surface area contributed by atoms with Crippen molar-refractivity contribution in [3.8, 4) is 0 Å². The number of halogens is 2. The lowest BCUT2D eigenvalue weighted by atomic mass is 10.2. The molecule has 2 aromatic rings. The number of rotatable bonds is 3. The predicted octanol–water partition coefficient (Wildman–Crippen LogP) is 3.94. The zero-order valence-corrected chi connectivity index (χ0v) is 13.5. The lowest BCUT2D eigenvalue weighted by molar-refractivity contribution is 0.0527. The van der Waals surface area contributed by atoms with Crippen molar-refractivity contribution in [1.29, 1.82) is 0 Å². The van der Waals surface area contributed by atoms with Gasteiger partial charge in [-0.25, -0.2) is 4.79 Å². The molecule has 0 radical (unpaired) electrons. The normalized spacial score (nSPS) is 11.9. The molecule has 21 heavy (non-hydrogen) atoms. The lowest BCUT2D eigenvalue weighted by Gasteiger charge is -2.19. The fourth-order valence-corrected chi connectivity index (χ4v) is 2.46. The highest BCUT2D eigenvalue weighted by molar-refractivity contribution is 6.47. The molecule has 2 rings (SSSR count). The third-order valence-electron chi connectivity index (χ3n) is 2.78. The van der Waals surface area contributed by atoms with E-state index in [0.29, 0.717) is 21.1 Å². The van der Waals surface area contributed by atoms with Crippen LogP contribution < -0.4 is 5.32 Å². The molecular formula is C14H16Cl2N2O3. The maximum atomic E-state index is 12.2. The van der Waals surface area contributed by atoms with Crippen LogP contribution in [0.5, 0.6) is 0 Å². The molecule has 0 atom stereocenters. The molecule has 2 aromatic heterocycles. The number of nitrogens with one attached hydrogen (secondary N) is 1. The monoisotopic (exact) mass is 330 g/mol. The Kier molecular flexibility index (Phi) is 4.35. The van der Waals surface area contributed by atoms with Crippen molar-refractivity contribution in [3.63, 3.8) is 0 Å². The van der Waals surface area contributed by atoms with Gasteiger partial charge >= 0.3 is 6.09 Å². The van der Waals surface area contributed by atoms with E-state index in [9.17, 15) is 9.59 Å². The van der Waals surface area contributed by atoms with Crippen LogP contribution in [0, 0.1) is 0 Å². The molecule has 0 fully saturated rings. The van der Waals surface area contributed by atoms with Crippen molar-refractivity contribution in [2.24, 2.45) is 0 Å². The first kappa shape index (κ1) is 15.9. The molecule has 0 aliphatic rings. The van der Waals surface area contributed by atoms with Crippen molar-refractivity contribution >= 4 is 46.2 Å². The van der Waals surface area contributed by atoms with Gasteiger partial charge in [0.15, 0.2) is 0 Å². The molecule has 2 bridgehead atoms. The molecule has 2 heterocycles. The van der Waals surface area contributed by atoms with Gasteiger partial charge in [0.25, 0.3) is 0 Å². The van der Waals surface area contributed by atoms with E-state index in [0.717, 1.165) is 0 Å². The maximum Gasteiger partial charge on any atom is 0.407 e. The van der Waals surface area contributed by atoms with Crippen molar-refractivity contribution in [3.05, 3.63) is 22.2 Å². The number of carbonyl (C=O) groups excluding carboxylic acids is 2. The molecular weight excluding hydrogens is 315 g/mol. The molecule has 5 nitrogen and oxygen atoms in total. The summed E-state index contributed by atoms with van der Waals surface area (Å²) in [6.07, 6.45) is -0.422. The molecule has 0 aliphatic heterocycles. The van der Waals surface area contributed by atoms with Crippen LogP contribution in [0.2, 0.25) is 10.0 Å². The van der Waals surface area contributed by atoms with E-state index < -0.39 is 11.7 Å². The van der Waals surface area contributed by atoms with Crippen LogP contribution in [-0.2, 0) is 4.74 Å². The third-order valence-corrected chi connectivity index (χ3v) is 3.64. The highest BCUT2D eigenvalue weighted by Crippen LogP contribution is 2.36. The summed E-state index contributed by atoms with van der Waals surface area (Å²) in [7, 11) is 0. The maximum absolute atomic E-state index is 12.2. The fourth-order valence-electron chi connectivity index (χ4n) is 1.97. The molecule has 1 amide bonds. The van der Waals surface area contributed by atoms with E-state index in [4.69, 9.17) is 27.9 Å². The van der Waals surface area contributed by atoms with E-state index in [2.05, 4.69) is 5.32 Å². The molecule has 0 saturated heterocycles. The third kappa shape index (κ3) is 3.41. The first-order valence-corrected chi connectivity index (χ1v) is 7.24. The number of ether oxygens (including phenoxy) is 1. The standard InChI is InChI=1S/C14H16Cl2N2O3/c1-14(2,3)21-13(20)17-7-6-10(19)18-8-4-5-9(18)12(16)11(8)15/h4-5H,6-7H2,1-3H3,(H,17,20). The Morgan fingerprint density at radius 3 is 2.19 bits per heavy atom. The van der Waals surface area contributed by atoms with Crippen LogP contribution in [0.25, 0.3) is 11.0 Å². The molecule has 0 spiro atoms. The van der Waals surface area contributed by atoms with Crippen LogP contribution in [0.3, 0.4) is 0 Å². The Morgan fingerprint density at radius 1 is 1.19 bits per heavy atom. The minimum absolute atomic E-state index is 0.127. The van der Waals surface area contributed by atoms with Crippen molar-refractivity contribution in [1.82, 2.24) is 9.88 Å². The number of nitrogens with zero attached hydrogens (tertiary/aromatic N) is 1. The number of alkyl carbamates (subject to hydrolysis) is 1. The van der Waals surface area contributed by atoms with Crippen molar-refractivity contribution in [2.75, 3.05) is 6.54 Å². The summed E-state index contributed by atoms with van der Waals surface area (Å²) >= 11 is 12.0. The first-order chi connectivity index (χ1) is 9.70. The van der Waals surface area contributed by atoms with Gasteiger partial charge in [-0.15, -0.1) is 0 Å². The number of fused-ring (bicyclic) bond motifs is 2. The molecule has 7 heteroatoms. The quantitative estimate of drug-likeness (QED) is 0.927. The molecule has 1 N–H and O–H groups in total. The zero-order chi connectivity index (χ0) is 15.8. The summed E-state index contributed by atoms with van der Waals surface area (Å²) in [5.74, 6) is -0.185. The van der Waals surface area contributed by atoms with E-state index in [1.165, 1.54) is 4.57 Å². The van der Waals surface area contributed by atoms with Crippen molar-refractivity contribution in [2.45, 2.75) is 32.8 Å². The largest absolute Gasteiger partial charge is 0.444 e. The summed E-state index contributed by atoms with van der Waals surface area (Å²) < 4.78 is 6.55. The van der Waals surface area contributed by atoms with Gasteiger partial charge < -0.3 is 10.1 Å². The second kappa shape index (κ2) is 5.73. The lowest BCUT2D eigenvalue weighted by Crippen LogP contribution is -2.34. The summed E-state index contributed by atoms with van der Waals surface area (Å²) in [5, 5.41) is 3.29. The van der Waals surface area contributed by atoms with E-state index >= 15 is 0 Å². The van der Waals surface area contributed by atoms with Gasteiger partial charge in [0.1, 0.15) is 5.60 Å². The van der Waals surface area contributed by atoms with Gasteiger partial charge in [0.05, 0.1) is 21.1 Å². The van der Waals surface area contributed by atoms with E-state index in [1.54, 1.807) is 32.9 Å². The second-order valence-electron chi connectivity index (χ2n) is 5.64. The van der Waals surface area contributed by atoms with E-state index in [-0.39, 0.29) is 18.9 Å². The van der Waals surface area contributed by atoms with Crippen LogP contribution in [0.4, 0.5) is 4.79 Å². The molecule has 0 unspecified atom stereocenters. The fraction of sp³-hybridized carbons (Fsp3) is 0.429. The molecule has 0 aliphatic carbocycles. The molecule has 114 valence electrons. The average molecular weight is 331 g/mol. The van der Waals surface area contributed by atoms with Gasteiger partial charge in [0.2, 0.25) is 5.91 Å². The highest BCUT2D eigenvalue weighted by Gasteiger charge is 2.21. The van der Waals surface area contributed by atoms with Crippen LogP contribution in [0.1, 0.15) is 32.0 Å². The minimum atomic E-state index is -0.567. The average Bonchev–Trinajstić information content (AvgIpc) is 2.86. The van der Waals surface area contributed by atoms with E-state index in [1.807, 2.05) is 0 Å². The first-order valence-electron chi connectivity index (χ1n) is 6.48. The van der Waals surface area contributed by atoms with Gasteiger partial charge in [-0.05, 0) is 32.9 Å².